The number of aromatic nitrogens is 3. The Bertz CT molecular complexity index is 1340. The Morgan fingerprint density at radius 2 is 1.97 bits per heavy atom. The third-order valence-corrected chi connectivity index (χ3v) is 5.30. The van der Waals surface area contributed by atoms with Gasteiger partial charge in [-0.3, -0.25) is 4.79 Å². The Kier molecular flexibility index (Phi) is 4.72. The fraction of sp³-hybridized carbons (Fsp3) is 0.273. The van der Waals surface area contributed by atoms with E-state index in [2.05, 4.69) is 25.6 Å². The molecule has 3 aromatic heterocycles. The van der Waals surface area contributed by atoms with Crippen molar-refractivity contribution in [2.24, 2.45) is 5.92 Å². The smallest absolute Gasteiger partial charge is 0.393 e. The van der Waals surface area contributed by atoms with Crippen LogP contribution < -0.4 is 10.6 Å². The van der Waals surface area contributed by atoms with Crippen molar-refractivity contribution in [3.05, 3.63) is 42.2 Å². The third kappa shape index (κ3) is 3.95. The highest BCUT2D eigenvalue weighted by Crippen LogP contribution is 2.35. The van der Waals surface area contributed by atoms with E-state index < -0.39 is 12.6 Å². The van der Waals surface area contributed by atoms with E-state index in [0.29, 0.717) is 39.1 Å². The second-order valence-electron chi connectivity index (χ2n) is 7.76. The maximum absolute atomic E-state index is 12.7. The molecule has 1 aliphatic carbocycles. The molecule has 1 amide bonds. The molecule has 0 radical (unpaired) electrons. The topological polar surface area (TPSA) is 92.9 Å². The molecular formula is C22H18F3N5O2. The lowest BCUT2D eigenvalue weighted by molar-refractivity contribution is -0.127. The lowest BCUT2D eigenvalue weighted by Crippen LogP contribution is -2.14. The summed E-state index contributed by atoms with van der Waals surface area (Å²) in [5, 5.41) is 7.19. The summed E-state index contributed by atoms with van der Waals surface area (Å²) in [6.07, 6.45) is -0.429. The normalized spacial score (nSPS) is 14.1. The van der Waals surface area contributed by atoms with Crippen LogP contribution in [0.15, 0.2) is 41.1 Å². The number of carbonyl (C=O) groups excluding carboxylic acids is 1. The minimum atomic E-state index is -4.31. The van der Waals surface area contributed by atoms with Crippen molar-refractivity contribution < 1.29 is 22.4 Å². The van der Waals surface area contributed by atoms with E-state index in [4.69, 9.17) is 4.42 Å². The molecule has 3 heterocycles. The van der Waals surface area contributed by atoms with E-state index >= 15 is 0 Å². The average molecular weight is 441 g/mol. The van der Waals surface area contributed by atoms with Gasteiger partial charge >= 0.3 is 6.18 Å². The van der Waals surface area contributed by atoms with Crippen LogP contribution in [0.1, 0.15) is 18.4 Å². The predicted molar refractivity (Wildman–Crippen MR) is 113 cm³/mol. The van der Waals surface area contributed by atoms with Crippen molar-refractivity contribution >= 4 is 39.4 Å². The van der Waals surface area contributed by atoms with E-state index in [1.54, 1.807) is 25.5 Å². The zero-order chi connectivity index (χ0) is 22.5. The number of nitrogens with one attached hydrogen (secondary N) is 2. The molecule has 32 heavy (non-hydrogen) atoms. The summed E-state index contributed by atoms with van der Waals surface area (Å²) in [6.45, 7) is 0. The van der Waals surface area contributed by atoms with E-state index in [1.165, 1.54) is 18.2 Å². The zero-order valence-corrected chi connectivity index (χ0v) is 17.0. The molecular weight excluding hydrogens is 423 g/mol. The molecule has 164 valence electrons. The molecule has 4 aromatic rings. The molecule has 1 fully saturated rings. The number of anilines is 2. The number of fused-ring (bicyclic) bond motifs is 2. The lowest BCUT2D eigenvalue weighted by atomic mass is 10.1. The van der Waals surface area contributed by atoms with Crippen LogP contribution in [0.5, 0.6) is 0 Å². The van der Waals surface area contributed by atoms with Crippen LogP contribution >= 0.6 is 0 Å². The van der Waals surface area contributed by atoms with Crippen LogP contribution in [0.3, 0.4) is 0 Å². The second-order valence-corrected chi connectivity index (χ2v) is 7.76. The second kappa shape index (κ2) is 7.47. The highest BCUT2D eigenvalue weighted by Gasteiger charge is 2.30. The highest BCUT2D eigenvalue weighted by molar-refractivity contribution is 6.03. The number of amides is 1. The Hall–Kier alpha value is -3.69. The minimum absolute atomic E-state index is 0.0280. The van der Waals surface area contributed by atoms with Crippen molar-refractivity contribution in [3.63, 3.8) is 0 Å². The van der Waals surface area contributed by atoms with Gasteiger partial charge in [0, 0.05) is 36.1 Å². The number of pyridine rings is 2. The van der Waals surface area contributed by atoms with Gasteiger partial charge in [0.15, 0.2) is 5.58 Å². The van der Waals surface area contributed by atoms with Crippen LogP contribution in [0.25, 0.3) is 33.3 Å². The fourth-order valence-electron chi connectivity index (χ4n) is 3.58. The van der Waals surface area contributed by atoms with Crippen molar-refractivity contribution in [1.82, 2.24) is 15.0 Å². The quantitative estimate of drug-likeness (QED) is 0.456. The number of rotatable bonds is 5. The van der Waals surface area contributed by atoms with E-state index in [1.807, 2.05) is 0 Å². The molecule has 5 rings (SSSR count). The number of hydrogen-bond donors (Lipinski definition) is 2. The van der Waals surface area contributed by atoms with Gasteiger partial charge in [0.25, 0.3) is 0 Å². The van der Waals surface area contributed by atoms with Gasteiger partial charge in [-0.2, -0.15) is 13.2 Å². The number of benzene rings is 1. The maximum atomic E-state index is 12.7. The molecule has 0 spiro atoms. The van der Waals surface area contributed by atoms with Crippen LogP contribution in [0, 0.1) is 5.92 Å². The largest absolute Gasteiger partial charge is 0.436 e. The van der Waals surface area contributed by atoms with E-state index in [0.717, 1.165) is 12.8 Å². The fourth-order valence-corrected chi connectivity index (χ4v) is 3.58. The number of halogens is 3. The van der Waals surface area contributed by atoms with Gasteiger partial charge in [-0.1, -0.05) is 6.07 Å². The van der Waals surface area contributed by atoms with Crippen molar-refractivity contribution in [3.8, 4) is 11.5 Å². The van der Waals surface area contributed by atoms with Crippen LogP contribution in [0.4, 0.5) is 24.8 Å². The summed E-state index contributed by atoms with van der Waals surface area (Å²) >= 11 is 0. The summed E-state index contributed by atoms with van der Waals surface area (Å²) in [4.78, 5) is 25.3. The Morgan fingerprint density at radius 1 is 1.16 bits per heavy atom. The minimum Gasteiger partial charge on any atom is -0.436 e. The van der Waals surface area contributed by atoms with Gasteiger partial charge in [-0.25, -0.2) is 15.0 Å². The molecule has 1 aliphatic rings. The summed E-state index contributed by atoms with van der Waals surface area (Å²) in [5.41, 5.74) is 1.33. The molecule has 0 bridgehead atoms. The van der Waals surface area contributed by atoms with Crippen molar-refractivity contribution in [2.75, 3.05) is 17.7 Å². The monoisotopic (exact) mass is 441 g/mol. The summed E-state index contributed by atoms with van der Waals surface area (Å²) < 4.78 is 44.1. The lowest BCUT2D eigenvalue weighted by Gasteiger charge is -2.10. The summed E-state index contributed by atoms with van der Waals surface area (Å²) in [6, 6.07) is 5.95. The molecule has 7 nitrogen and oxygen atoms in total. The average Bonchev–Trinajstić information content (AvgIpc) is 3.51. The number of oxazole rings is 1. The van der Waals surface area contributed by atoms with Crippen molar-refractivity contribution in [2.45, 2.75) is 25.4 Å². The standard InChI is InChI=1S/C22H18F3N5O2/c1-26-19-14-9-27-18(30-20(31)12-3-4-12)7-13(14)15(10-28-19)21-29-16-6-11(8-22(23,24)25)2-5-17(16)32-21/h2,5-7,9-10,12H,3-4,8H2,1H3,(H,26,28)(H,27,30,31). The van der Waals surface area contributed by atoms with Gasteiger partial charge in [0.1, 0.15) is 17.2 Å². The molecule has 0 aliphatic heterocycles. The predicted octanol–water partition coefficient (Wildman–Crippen LogP) is 4.93. The van der Waals surface area contributed by atoms with Crippen LogP contribution in [-0.4, -0.2) is 34.1 Å². The van der Waals surface area contributed by atoms with E-state index in [-0.39, 0.29) is 23.3 Å². The first kappa shape index (κ1) is 20.2. The van der Waals surface area contributed by atoms with Gasteiger partial charge in [-0.05, 0) is 36.6 Å². The SMILES string of the molecule is CNc1ncc(-c2nc3cc(CC(F)(F)F)ccc3o2)c2cc(NC(=O)C3CC3)ncc12. The van der Waals surface area contributed by atoms with Gasteiger partial charge in [0.05, 0.1) is 12.0 Å². The van der Waals surface area contributed by atoms with E-state index in [9.17, 15) is 18.0 Å². The molecule has 2 N–H and O–H groups in total. The molecule has 1 saturated carbocycles. The Balaban J connectivity index is 1.58. The molecule has 0 atom stereocenters. The Morgan fingerprint density at radius 3 is 2.69 bits per heavy atom. The molecule has 0 unspecified atom stereocenters. The first-order chi connectivity index (χ1) is 15.3. The number of alkyl halides is 3. The first-order valence-electron chi connectivity index (χ1n) is 10.0. The molecule has 0 saturated heterocycles. The first-order valence-corrected chi connectivity index (χ1v) is 10.0. The van der Waals surface area contributed by atoms with Crippen LogP contribution in [0.2, 0.25) is 0 Å². The Labute approximate surface area is 180 Å². The third-order valence-electron chi connectivity index (χ3n) is 5.30. The van der Waals surface area contributed by atoms with Crippen molar-refractivity contribution in [1.29, 1.82) is 0 Å². The number of carbonyl (C=O) groups is 1. The molecule has 1 aromatic carbocycles. The van der Waals surface area contributed by atoms with Gasteiger partial charge in [0.2, 0.25) is 11.8 Å². The van der Waals surface area contributed by atoms with Crippen LogP contribution in [-0.2, 0) is 11.2 Å². The number of hydrogen-bond acceptors (Lipinski definition) is 6. The molecule has 10 heteroatoms. The zero-order valence-electron chi connectivity index (χ0n) is 17.0. The maximum Gasteiger partial charge on any atom is 0.393 e. The van der Waals surface area contributed by atoms with Gasteiger partial charge < -0.3 is 15.1 Å². The summed E-state index contributed by atoms with van der Waals surface area (Å²) in [5.74, 6) is 1.16. The number of nitrogens with zero attached hydrogens (tertiary/aromatic N) is 3. The highest BCUT2D eigenvalue weighted by atomic mass is 19.4. The van der Waals surface area contributed by atoms with Gasteiger partial charge in [-0.15, -0.1) is 0 Å². The summed E-state index contributed by atoms with van der Waals surface area (Å²) in [7, 11) is 1.73.